The molecule has 24 heavy (non-hydrogen) atoms. The third kappa shape index (κ3) is 3.16. The fourth-order valence-electron chi connectivity index (χ4n) is 2.77. The van der Waals surface area contributed by atoms with Crippen molar-refractivity contribution in [3.8, 4) is 5.69 Å². The van der Waals surface area contributed by atoms with Crippen LogP contribution in [-0.2, 0) is 9.84 Å². The van der Waals surface area contributed by atoms with Crippen LogP contribution in [0.3, 0.4) is 0 Å². The van der Waals surface area contributed by atoms with Gasteiger partial charge in [0.2, 0.25) is 0 Å². The Bertz CT molecular complexity index is 877. The van der Waals surface area contributed by atoms with Gasteiger partial charge >= 0.3 is 0 Å². The molecule has 1 aliphatic heterocycles. The summed E-state index contributed by atoms with van der Waals surface area (Å²) in [5.74, 6) is -0.208. The summed E-state index contributed by atoms with van der Waals surface area (Å²) in [6, 6.07) is 6.71. The van der Waals surface area contributed by atoms with Gasteiger partial charge in [0.1, 0.15) is 0 Å². The Hall–Kier alpha value is -1.93. The minimum atomic E-state index is -3.06. The average Bonchev–Trinajstić information content (AvgIpc) is 3.09. The lowest BCUT2D eigenvalue weighted by molar-refractivity contribution is 0.0741. The van der Waals surface area contributed by atoms with E-state index in [4.69, 9.17) is 11.6 Å². The number of carbonyl (C=O) groups excluding carboxylic acids is 1. The minimum Gasteiger partial charge on any atom is -0.336 e. The van der Waals surface area contributed by atoms with Gasteiger partial charge in [0.15, 0.2) is 15.5 Å². The monoisotopic (exact) mass is 368 g/mol. The molecule has 7 nitrogen and oxygen atoms in total. The second-order valence-corrected chi connectivity index (χ2v) is 8.55. The highest BCUT2D eigenvalue weighted by Crippen LogP contribution is 2.20. The number of hydrogen-bond acceptors (Lipinski definition) is 5. The molecule has 1 unspecified atom stereocenters. The molecular formula is C15H17ClN4O3S. The number of amides is 1. The van der Waals surface area contributed by atoms with Crippen LogP contribution in [0, 0.1) is 6.92 Å². The summed E-state index contributed by atoms with van der Waals surface area (Å²) in [6.07, 6.45) is 0.453. The van der Waals surface area contributed by atoms with Gasteiger partial charge in [-0.25, -0.2) is 13.1 Å². The van der Waals surface area contributed by atoms with E-state index in [0.717, 1.165) is 5.69 Å². The van der Waals surface area contributed by atoms with Crippen molar-refractivity contribution < 1.29 is 13.2 Å². The van der Waals surface area contributed by atoms with Crippen molar-refractivity contribution >= 4 is 27.3 Å². The maximum absolute atomic E-state index is 12.7. The highest BCUT2D eigenvalue weighted by molar-refractivity contribution is 7.91. The van der Waals surface area contributed by atoms with Crippen molar-refractivity contribution in [1.29, 1.82) is 0 Å². The molecule has 2 aromatic rings. The van der Waals surface area contributed by atoms with E-state index < -0.39 is 9.84 Å². The molecule has 1 atom stereocenters. The van der Waals surface area contributed by atoms with Crippen LogP contribution in [0.25, 0.3) is 5.69 Å². The predicted molar refractivity (Wildman–Crippen MR) is 90.3 cm³/mol. The van der Waals surface area contributed by atoms with Gasteiger partial charge in [0.05, 0.1) is 22.9 Å². The molecule has 0 N–H and O–H groups in total. The van der Waals surface area contributed by atoms with Crippen molar-refractivity contribution in [1.82, 2.24) is 19.9 Å². The summed E-state index contributed by atoms with van der Waals surface area (Å²) in [4.78, 5) is 14.1. The van der Waals surface area contributed by atoms with Gasteiger partial charge < -0.3 is 4.90 Å². The molecule has 0 radical (unpaired) electrons. The van der Waals surface area contributed by atoms with Crippen LogP contribution >= 0.6 is 11.6 Å². The third-order valence-corrected chi connectivity index (χ3v) is 6.25. The van der Waals surface area contributed by atoms with Crippen molar-refractivity contribution in [2.45, 2.75) is 19.4 Å². The van der Waals surface area contributed by atoms with Crippen LogP contribution in [-0.4, -0.2) is 58.8 Å². The zero-order chi connectivity index (χ0) is 17.5. The Morgan fingerprint density at radius 3 is 2.58 bits per heavy atom. The topological polar surface area (TPSA) is 85.2 Å². The molecular weight excluding hydrogens is 352 g/mol. The van der Waals surface area contributed by atoms with E-state index in [9.17, 15) is 13.2 Å². The Balaban J connectivity index is 1.85. The van der Waals surface area contributed by atoms with Gasteiger partial charge in [-0.05, 0) is 37.6 Å². The van der Waals surface area contributed by atoms with Crippen LogP contribution in [0.15, 0.2) is 24.3 Å². The molecule has 1 saturated heterocycles. The number of rotatable bonds is 3. The predicted octanol–water partition coefficient (Wildman–Crippen LogP) is 1.49. The number of sulfone groups is 1. The zero-order valence-corrected chi connectivity index (χ0v) is 14.9. The minimum absolute atomic E-state index is 0.000388. The number of hydrogen-bond donors (Lipinski definition) is 0. The zero-order valence-electron chi connectivity index (χ0n) is 13.3. The molecule has 1 amide bonds. The van der Waals surface area contributed by atoms with Crippen molar-refractivity contribution in [2.75, 3.05) is 18.6 Å². The Morgan fingerprint density at radius 1 is 1.33 bits per heavy atom. The van der Waals surface area contributed by atoms with E-state index in [1.807, 2.05) is 0 Å². The normalized spacial score (nSPS) is 19.4. The maximum atomic E-state index is 12.7. The van der Waals surface area contributed by atoms with Crippen molar-refractivity contribution in [2.24, 2.45) is 0 Å². The summed E-state index contributed by atoms with van der Waals surface area (Å²) in [7, 11) is -1.45. The number of benzene rings is 1. The number of halogens is 1. The van der Waals surface area contributed by atoms with Gasteiger partial charge in [0, 0.05) is 18.1 Å². The van der Waals surface area contributed by atoms with E-state index in [-0.39, 0.29) is 29.1 Å². The SMILES string of the molecule is Cc1c(C(=O)N(C)C2CCS(=O)(=O)C2)nnn1-c1ccc(Cl)cc1. The quantitative estimate of drug-likeness (QED) is 0.819. The van der Waals surface area contributed by atoms with Gasteiger partial charge in [-0.1, -0.05) is 16.8 Å². The largest absolute Gasteiger partial charge is 0.336 e. The molecule has 0 saturated carbocycles. The second kappa shape index (κ2) is 6.18. The lowest BCUT2D eigenvalue weighted by Gasteiger charge is -2.22. The Labute approximate surface area is 145 Å². The molecule has 9 heteroatoms. The molecule has 1 aromatic carbocycles. The van der Waals surface area contributed by atoms with Gasteiger partial charge in [-0.2, -0.15) is 0 Å². The summed E-state index contributed by atoms with van der Waals surface area (Å²) in [5, 5.41) is 8.62. The first-order valence-corrected chi connectivity index (χ1v) is 9.64. The molecule has 3 rings (SSSR count). The van der Waals surface area contributed by atoms with E-state index >= 15 is 0 Å². The first kappa shape index (κ1) is 16.9. The van der Waals surface area contributed by atoms with E-state index in [0.29, 0.717) is 17.1 Å². The standard InChI is InChI=1S/C15H17ClN4O3S/c1-10-14(15(21)19(2)13-7-8-24(22,23)9-13)17-18-20(10)12-5-3-11(16)4-6-12/h3-6,13H,7-9H2,1-2H3. The Kier molecular flexibility index (Phi) is 4.35. The fourth-order valence-corrected chi connectivity index (χ4v) is 4.67. The van der Waals surface area contributed by atoms with Gasteiger partial charge in [-0.15, -0.1) is 5.10 Å². The van der Waals surface area contributed by atoms with Crippen LogP contribution in [0.1, 0.15) is 22.6 Å². The molecule has 128 valence electrons. The molecule has 1 aliphatic rings. The number of carbonyl (C=O) groups is 1. The smallest absolute Gasteiger partial charge is 0.276 e. The van der Waals surface area contributed by atoms with Crippen molar-refractivity contribution in [3.63, 3.8) is 0 Å². The summed E-state index contributed by atoms with van der Waals surface area (Å²) < 4.78 is 24.8. The van der Waals surface area contributed by atoms with Gasteiger partial charge in [0.25, 0.3) is 5.91 Å². The van der Waals surface area contributed by atoms with Crippen LogP contribution < -0.4 is 0 Å². The number of aromatic nitrogens is 3. The first-order valence-electron chi connectivity index (χ1n) is 7.44. The lowest BCUT2D eigenvalue weighted by atomic mass is 10.2. The second-order valence-electron chi connectivity index (χ2n) is 5.88. The third-order valence-electron chi connectivity index (χ3n) is 4.24. The average molecular weight is 369 g/mol. The molecule has 1 fully saturated rings. The first-order chi connectivity index (χ1) is 11.3. The molecule has 1 aromatic heterocycles. The summed E-state index contributed by atoms with van der Waals surface area (Å²) in [6.45, 7) is 1.75. The van der Waals surface area contributed by atoms with Crippen LogP contribution in [0.4, 0.5) is 0 Å². The number of nitrogens with zero attached hydrogens (tertiary/aromatic N) is 4. The van der Waals surface area contributed by atoms with Crippen LogP contribution in [0.5, 0.6) is 0 Å². The van der Waals surface area contributed by atoms with Crippen molar-refractivity contribution in [3.05, 3.63) is 40.7 Å². The molecule has 2 heterocycles. The Morgan fingerprint density at radius 2 is 2.00 bits per heavy atom. The fraction of sp³-hybridized carbons (Fsp3) is 0.400. The summed E-state index contributed by atoms with van der Waals surface area (Å²) >= 11 is 5.88. The van der Waals surface area contributed by atoms with Gasteiger partial charge in [-0.3, -0.25) is 4.79 Å². The highest BCUT2D eigenvalue weighted by Gasteiger charge is 2.34. The molecule has 0 bridgehead atoms. The van der Waals surface area contributed by atoms with E-state index in [2.05, 4.69) is 10.3 Å². The summed E-state index contributed by atoms with van der Waals surface area (Å²) in [5.41, 5.74) is 1.56. The maximum Gasteiger partial charge on any atom is 0.276 e. The van der Waals surface area contributed by atoms with E-state index in [1.165, 1.54) is 4.90 Å². The molecule has 0 spiro atoms. The molecule has 0 aliphatic carbocycles. The van der Waals surface area contributed by atoms with E-state index in [1.54, 1.807) is 42.9 Å². The lowest BCUT2D eigenvalue weighted by Crippen LogP contribution is -2.38. The highest BCUT2D eigenvalue weighted by atomic mass is 35.5. The van der Waals surface area contributed by atoms with Crippen LogP contribution in [0.2, 0.25) is 5.02 Å².